The molecule has 1 fully saturated rings. The van der Waals surface area contributed by atoms with Gasteiger partial charge in [0.25, 0.3) is 5.91 Å². The first-order valence-electron chi connectivity index (χ1n) is 5.44. The van der Waals surface area contributed by atoms with Gasteiger partial charge in [-0.2, -0.15) is 0 Å². The fourth-order valence-electron chi connectivity index (χ4n) is 1.82. The minimum absolute atomic E-state index is 0.0301. The van der Waals surface area contributed by atoms with E-state index >= 15 is 0 Å². The molecular weight excluding hydrogens is 190 g/mol. The van der Waals surface area contributed by atoms with Crippen molar-refractivity contribution in [2.45, 2.75) is 25.7 Å². The maximum absolute atomic E-state index is 12.0. The smallest absolute Gasteiger partial charge is 0.291 e. The van der Waals surface area contributed by atoms with Crippen molar-refractivity contribution < 1.29 is 4.79 Å². The largest absolute Gasteiger partial charge is 0.336 e. The monoisotopic (exact) mass is 205 g/mol. The number of aromatic nitrogens is 2. The van der Waals surface area contributed by atoms with Crippen molar-refractivity contribution in [2.75, 3.05) is 13.1 Å². The summed E-state index contributed by atoms with van der Waals surface area (Å²) in [7, 11) is 0. The van der Waals surface area contributed by atoms with Crippen molar-refractivity contribution in [3.8, 4) is 0 Å². The second-order valence-electron chi connectivity index (χ2n) is 3.78. The number of carbonyl (C=O) groups excluding carboxylic acids is 1. The Morgan fingerprint density at radius 1 is 1.07 bits per heavy atom. The van der Waals surface area contributed by atoms with Crippen molar-refractivity contribution in [3.05, 3.63) is 24.3 Å². The van der Waals surface area contributed by atoms with E-state index in [1.165, 1.54) is 12.8 Å². The molecule has 1 aromatic rings. The predicted octanol–water partition coefficient (Wildman–Crippen LogP) is 1.49. The van der Waals surface area contributed by atoms with Crippen molar-refractivity contribution in [1.29, 1.82) is 0 Å². The van der Waals surface area contributed by atoms with Gasteiger partial charge < -0.3 is 4.90 Å². The fourth-order valence-corrected chi connectivity index (χ4v) is 1.82. The normalized spacial score (nSPS) is 17.2. The van der Waals surface area contributed by atoms with Crippen LogP contribution in [0.5, 0.6) is 0 Å². The molecule has 0 aromatic carbocycles. The first-order valence-corrected chi connectivity index (χ1v) is 5.44. The molecule has 4 heteroatoms. The van der Waals surface area contributed by atoms with Crippen LogP contribution in [0.3, 0.4) is 0 Å². The zero-order valence-electron chi connectivity index (χ0n) is 8.72. The Morgan fingerprint density at radius 3 is 2.27 bits per heavy atom. The van der Waals surface area contributed by atoms with Crippen LogP contribution in [0.1, 0.15) is 36.3 Å². The Morgan fingerprint density at radius 2 is 1.67 bits per heavy atom. The lowest BCUT2D eigenvalue weighted by molar-refractivity contribution is 0.0749. The van der Waals surface area contributed by atoms with Crippen molar-refractivity contribution in [1.82, 2.24) is 14.9 Å². The second-order valence-corrected chi connectivity index (χ2v) is 3.78. The van der Waals surface area contributed by atoms with Crippen LogP contribution in [0, 0.1) is 0 Å². The molecule has 0 radical (unpaired) electrons. The van der Waals surface area contributed by atoms with Crippen LogP contribution in [0.25, 0.3) is 0 Å². The number of nitrogens with zero attached hydrogens (tertiary/aromatic N) is 3. The second kappa shape index (κ2) is 4.87. The van der Waals surface area contributed by atoms with Gasteiger partial charge in [-0.15, -0.1) is 0 Å². The van der Waals surface area contributed by atoms with Crippen LogP contribution in [0.4, 0.5) is 0 Å². The summed E-state index contributed by atoms with van der Waals surface area (Å²) in [6, 6.07) is 1.72. The van der Waals surface area contributed by atoms with Gasteiger partial charge in [0.1, 0.15) is 0 Å². The average molecular weight is 205 g/mol. The summed E-state index contributed by atoms with van der Waals surface area (Å²) in [6.07, 6.45) is 7.85. The highest BCUT2D eigenvalue weighted by Gasteiger charge is 2.18. The summed E-state index contributed by atoms with van der Waals surface area (Å²) >= 11 is 0. The van der Waals surface area contributed by atoms with E-state index in [1.54, 1.807) is 18.5 Å². The van der Waals surface area contributed by atoms with E-state index < -0.39 is 0 Å². The summed E-state index contributed by atoms with van der Waals surface area (Å²) in [4.78, 5) is 21.8. The van der Waals surface area contributed by atoms with Crippen LogP contribution < -0.4 is 0 Å². The van der Waals surface area contributed by atoms with Gasteiger partial charge in [0.15, 0.2) is 0 Å². The minimum atomic E-state index is -0.0301. The van der Waals surface area contributed by atoms with Crippen LogP contribution >= 0.6 is 0 Å². The highest BCUT2D eigenvalue weighted by molar-refractivity contribution is 5.90. The van der Waals surface area contributed by atoms with Crippen LogP contribution in [-0.4, -0.2) is 33.9 Å². The van der Waals surface area contributed by atoms with Crippen molar-refractivity contribution in [3.63, 3.8) is 0 Å². The predicted molar refractivity (Wildman–Crippen MR) is 56.4 cm³/mol. The summed E-state index contributed by atoms with van der Waals surface area (Å²) < 4.78 is 0. The molecule has 4 nitrogen and oxygen atoms in total. The summed E-state index contributed by atoms with van der Waals surface area (Å²) in [5, 5.41) is 0. The molecule has 0 bridgehead atoms. The highest BCUT2D eigenvalue weighted by Crippen LogP contribution is 2.11. The molecular formula is C11H15N3O. The number of hydrogen-bond acceptors (Lipinski definition) is 3. The van der Waals surface area contributed by atoms with E-state index in [9.17, 15) is 4.79 Å². The number of likely N-dealkylation sites (tertiary alicyclic amines) is 1. The Hall–Kier alpha value is -1.45. The maximum Gasteiger partial charge on any atom is 0.291 e. The third-order valence-corrected chi connectivity index (χ3v) is 2.65. The lowest BCUT2D eigenvalue weighted by atomic mass is 10.2. The van der Waals surface area contributed by atoms with Gasteiger partial charge in [0.05, 0.1) is 0 Å². The molecule has 1 aliphatic rings. The molecule has 15 heavy (non-hydrogen) atoms. The first kappa shape index (κ1) is 10.1. The lowest BCUT2D eigenvalue weighted by Gasteiger charge is -2.18. The zero-order valence-corrected chi connectivity index (χ0v) is 8.72. The van der Waals surface area contributed by atoms with E-state index in [0.29, 0.717) is 5.82 Å². The number of amides is 1. The summed E-state index contributed by atoms with van der Waals surface area (Å²) in [5.74, 6) is 0.289. The minimum Gasteiger partial charge on any atom is -0.336 e. The molecule has 0 aliphatic carbocycles. The molecule has 0 unspecified atom stereocenters. The van der Waals surface area contributed by atoms with Gasteiger partial charge >= 0.3 is 0 Å². The van der Waals surface area contributed by atoms with Gasteiger partial charge in [-0.3, -0.25) is 4.79 Å². The molecule has 0 N–H and O–H groups in total. The molecule has 0 spiro atoms. The Bertz CT molecular complexity index is 318. The summed E-state index contributed by atoms with van der Waals surface area (Å²) in [5.41, 5.74) is 0. The van der Waals surface area contributed by atoms with Crippen molar-refractivity contribution in [2.24, 2.45) is 0 Å². The molecule has 0 atom stereocenters. The number of rotatable bonds is 1. The molecule has 1 aliphatic heterocycles. The molecule has 0 saturated carbocycles. The number of hydrogen-bond donors (Lipinski definition) is 0. The Labute approximate surface area is 89.3 Å². The van der Waals surface area contributed by atoms with Gasteiger partial charge in [-0.1, -0.05) is 12.8 Å². The average Bonchev–Trinajstić information content (AvgIpc) is 2.58. The van der Waals surface area contributed by atoms with Crippen LogP contribution in [0.2, 0.25) is 0 Å². The van der Waals surface area contributed by atoms with Crippen LogP contribution in [0.15, 0.2) is 18.5 Å². The Balaban J connectivity index is 2.06. The molecule has 2 heterocycles. The topological polar surface area (TPSA) is 46.1 Å². The zero-order chi connectivity index (χ0) is 10.5. The third-order valence-electron chi connectivity index (χ3n) is 2.65. The van der Waals surface area contributed by atoms with Gasteiger partial charge in [0.2, 0.25) is 5.82 Å². The van der Waals surface area contributed by atoms with E-state index in [2.05, 4.69) is 9.97 Å². The molecule has 80 valence electrons. The number of carbonyl (C=O) groups is 1. The molecule has 1 saturated heterocycles. The van der Waals surface area contributed by atoms with E-state index in [0.717, 1.165) is 25.9 Å². The van der Waals surface area contributed by atoms with Crippen LogP contribution in [-0.2, 0) is 0 Å². The Kier molecular flexibility index (Phi) is 3.27. The van der Waals surface area contributed by atoms with E-state index in [-0.39, 0.29) is 5.91 Å². The standard InChI is InChI=1S/C11H15N3O/c15-11(10-12-6-5-7-13-10)14-8-3-1-2-4-9-14/h5-7H,1-4,8-9H2. The summed E-state index contributed by atoms with van der Waals surface area (Å²) in [6.45, 7) is 1.69. The van der Waals surface area contributed by atoms with Gasteiger partial charge in [0, 0.05) is 25.5 Å². The van der Waals surface area contributed by atoms with Crippen molar-refractivity contribution >= 4 is 5.91 Å². The highest BCUT2D eigenvalue weighted by atomic mass is 16.2. The first-order chi connectivity index (χ1) is 7.38. The third kappa shape index (κ3) is 2.52. The molecule has 1 amide bonds. The maximum atomic E-state index is 12.0. The molecule has 1 aromatic heterocycles. The fraction of sp³-hybridized carbons (Fsp3) is 0.545. The van der Waals surface area contributed by atoms with Gasteiger partial charge in [-0.05, 0) is 18.9 Å². The van der Waals surface area contributed by atoms with E-state index in [4.69, 9.17) is 0 Å². The lowest BCUT2D eigenvalue weighted by Crippen LogP contribution is -2.33. The van der Waals surface area contributed by atoms with Gasteiger partial charge in [-0.25, -0.2) is 9.97 Å². The van der Waals surface area contributed by atoms with E-state index in [1.807, 2.05) is 4.90 Å². The quantitative estimate of drug-likeness (QED) is 0.697. The SMILES string of the molecule is O=C(c1ncccn1)N1CCCCCC1. The molecule has 2 rings (SSSR count).